The van der Waals surface area contributed by atoms with E-state index in [1.165, 1.54) is 5.56 Å². The smallest absolute Gasteiger partial charge is 0.0931 e. The van der Waals surface area contributed by atoms with E-state index in [1.54, 1.807) is 11.3 Å². The number of likely N-dealkylation sites (N-methyl/N-ethyl adjacent to an activating group) is 1. The Kier molecular flexibility index (Phi) is 3.12. The summed E-state index contributed by atoms with van der Waals surface area (Å²) in [7, 11) is 1.90. The van der Waals surface area contributed by atoms with Gasteiger partial charge in [0.15, 0.2) is 0 Å². The highest BCUT2D eigenvalue weighted by molar-refractivity contribution is 7.14. The fourth-order valence-corrected chi connectivity index (χ4v) is 1.83. The van der Waals surface area contributed by atoms with E-state index < -0.39 is 0 Å². The summed E-state index contributed by atoms with van der Waals surface area (Å²) in [6.07, 6.45) is 1.86. The highest BCUT2D eigenvalue weighted by Crippen LogP contribution is 2.24. The quantitative estimate of drug-likeness (QED) is 0.718. The van der Waals surface area contributed by atoms with Crippen molar-refractivity contribution in [2.45, 2.75) is 6.04 Å². The predicted octanol–water partition coefficient (Wildman–Crippen LogP) is 2.85. The maximum Gasteiger partial charge on any atom is 0.0931 e. The molecule has 1 N–H and O–H groups in total. The van der Waals surface area contributed by atoms with Gasteiger partial charge in [-0.15, -0.1) is 17.9 Å². The normalized spacial score (nSPS) is 12.9. The molecule has 0 aliphatic heterocycles. The first kappa shape index (κ1) is 8.78. The minimum atomic E-state index is 0.221. The molecule has 1 heterocycles. The summed E-state index contributed by atoms with van der Waals surface area (Å²) in [4.78, 5) is 0. The second-order valence-corrected chi connectivity index (χ2v) is 3.73. The lowest BCUT2D eigenvalue weighted by Crippen LogP contribution is -2.12. The number of halogens is 1. The molecule has 1 aromatic heterocycles. The Balaban J connectivity index is 2.81. The zero-order valence-electron chi connectivity index (χ0n) is 6.30. The molecule has 1 atom stereocenters. The third kappa shape index (κ3) is 2.06. The molecule has 1 nitrogen and oxygen atoms in total. The van der Waals surface area contributed by atoms with E-state index in [0.29, 0.717) is 0 Å². The van der Waals surface area contributed by atoms with Crippen LogP contribution in [0.2, 0.25) is 4.34 Å². The van der Waals surface area contributed by atoms with E-state index in [0.717, 1.165) is 4.34 Å². The van der Waals surface area contributed by atoms with Crippen LogP contribution in [-0.2, 0) is 0 Å². The summed E-state index contributed by atoms with van der Waals surface area (Å²) in [5.74, 6) is 0. The Morgan fingerprint density at radius 1 is 1.82 bits per heavy atom. The molecule has 0 aliphatic carbocycles. The van der Waals surface area contributed by atoms with E-state index in [-0.39, 0.29) is 6.04 Å². The first-order valence-corrected chi connectivity index (χ1v) is 4.57. The molecule has 11 heavy (non-hydrogen) atoms. The molecule has 60 valence electrons. The summed E-state index contributed by atoms with van der Waals surface area (Å²) in [6.45, 7) is 3.72. The molecule has 0 saturated carbocycles. The molecule has 0 aliphatic rings. The van der Waals surface area contributed by atoms with Gasteiger partial charge in [-0.05, 0) is 24.1 Å². The summed E-state index contributed by atoms with van der Waals surface area (Å²) in [6, 6.07) is 2.17. The molecular weight excluding hydrogens is 178 g/mol. The zero-order chi connectivity index (χ0) is 8.27. The van der Waals surface area contributed by atoms with Gasteiger partial charge in [0.05, 0.1) is 10.4 Å². The molecule has 0 spiro atoms. The molecule has 0 aromatic carbocycles. The van der Waals surface area contributed by atoms with Crippen molar-refractivity contribution in [3.05, 3.63) is 34.0 Å². The fourth-order valence-electron chi connectivity index (χ4n) is 0.907. The second-order valence-electron chi connectivity index (χ2n) is 2.19. The Bertz CT molecular complexity index is 244. The Labute approximate surface area is 75.7 Å². The van der Waals surface area contributed by atoms with Gasteiger partial charge < -0.3 is 5.32 Å². The van der Waals surface area contributed by atoms with Crippen molar-refractivity contribution >= 4 is 22.9 Å². The number of thiophene rings is 1. The average molecular weight is 188 g/mol. The minimum absolute atomic E-state index is 0.221. The summed E-state index contributed by atoms with van der Waals surface area (Å²) < 4.78 is 0.821. The standard InChI is InChI=1S/C8H10ClNS/c1-3-7(10-2)6-4-8(9)11-5-6/h3-5,7,10H,1H2,2H3. The first-order valence-electron chi connectivity index (χ1n) is 3.31. The molecular formula is C8H10ClNS. The SMILES string of the molecule is C=CC(NC)c1csc(Cl)c1. The highest BCUT2D eigenvalue weighted by Gasteiger charge is 2.05. The molecule has 0 fully saturated rings. The van der Waals surface area contributed by atoms with E-state index >= 15 is 0 Å². The summed E-state index contributed by atoms with van der Waals surface area (Å²) >= 11 is 7.32. The van der Waals surface area contributed by atoms with Crippen molar-refractivity contribution in [3.8, 4) is 0 Å². The van der Waals surface area contributed by atoms with Gasteiger partial charge in [-0.1, -0.05) is 17.7 Å². The van der Waals surface area contributed by atoms with E-state index in [4.69, 9.17) is 11.6 Å². The Morgan fingerprint density at radius 2 is 2.55 bits per heavy atom. The van der Waals surface area contributed by atoms with Crippen LogP contribution in [0.4, 0.5) is 0 Å². The van der Waals surface area contributed by atoms with E-state index in [1.807, 2.05) is 24.6 Å². The largest absolute Gasteiger partial charge is 0.310 e. The molecule has 1 aromatic rings. The number of rotatable bonds is 3. The second kappa shape index (κ2) is 3.90. The van der Waals surface area contributed by atoms with Gasteiger partial charge >= 0.3 is 0 Å². The Morgan fingerprint density at radius 3 is 2.91 bits per heavy atom. The molecule has 0 radical (unpaired) electrons. The molecule has 1 unspecified atom stereocenters. The molecule has 3 heteroatoms. The molecule has 0 amide bonds. The fraction of sp³-hybridized carbons (Fsp3) is 0.250. The first-order chi connectivity index (χ1) is 5.27. The topological polar surface area (TPSA) is 12.0 Å². The number of nitrogens with one attached hydrogen (secondary N) is 1. The lowest BCUT2D eigenvalue weighted by Gasteiger charge is -2.07. The van der Waals surface area contributed by atoms with Crippen LogP contribution in [0.5, 0.6) is 0 Å². The van der Waals surface area contributed by atoms with Gasteiger partial charge in [0.25, 0.3) is 0 Å². The molecule has 1 rings (SSSR count). The van der Waals surface area contributed by atoms with Gasteiger partial charge in [0.1, 0.15) is 0 Å². The predicted molar refractivity (Wildman–Crippen MR) is 51.3 cm³/mol. The lowest BCUT2D eigenvalue weighted by molar-refractivity contribution is 0.719. The van der Waals surface area contributed by atoms with Crippen molar-refractivity contribution in [1.82, 2.24) is 5.32 Å². The lowest BCUT2D eigenvalue weighted by atomic mass is 10.1. The zero-order valence-corrected chi connectivity index (χ0v) is 7.88. The third-order valence-electron chi connectivity index (χ3n) is 1.49. The van der Waals surface area contributed by atoms with E-state index in [2.05, 4.69) is 11.9 Å². The van der Waals surface area contributed by atoms with Crippen LogP contribution in [0.1, 0.15) is 11.6 Å². The maximum absolute atomic E-state index is 5.77. The van der Waals surface area contributed by atoms with Crippen molar-refractivity contribution < 1.29 is 0 Å². The summed E-state index contributed by atoms with van der Waals surface area (Å²) in [5.41, 5.74) is 1.18. The monoisotopic (exact) mass is 187 g/mol. The molecule has 0 saturated heterocycles. The van der Waals surface area contributed by atoms with Crippen LogP contribution in [0.3, 0.4) is 0 Å². The van der Waals surface area contributed by atoms with Crippen molar-refractivity contribution in [2.24, 2.45) is 0 Å². The van der Waals surface area contributed by atoms with Crippen LogP contribution in [0.15, 0.2) is 24.1 Å². The van der Waals surface area contributed by atoms with Gasteiger partial charge in [-0.3, -0.25) is 0 Å². The highest BCUT2D eigenvalue weighted by atomic mass is 35.5. The summed E-state index contributed by atoms with van der Waals surface area (Å²) in [5, 5.41) is 5.14. The van der Waals surface area contributed by atoms with Crippen LogP contribution in [0, 0.1) is 0 Å². The maximum atomic E-state index is 5.77. The van der Waals surface area contributed by atoms with Crippen molar-refractivity contribution in [3.63, 3.8) is 0 Å². The number of hydrogen-bond acceptors (Lipinski definition) is 2. The van der Waals surface area contributed by atoms with Gasteiger partial charge in [0.2, 0.25) is 0 Å². The van der Waals surface area contributed by atoms with Crippen LogP contribution in [0.25, 0.3) is 0 Å². The van der Waals surface area contributed by atoms with Crippen LogP contribution < -0.4 is 5.32 Å². The van der Waals surface area contributed by atoms with Crippen LogP contribution in [-0.4, -0.2) is 7.05 Å². The third-order valence-corrected chi connectivity index (χ3v) is 2.60. The average Bonchev–Trinajstić information content (AvgIpc) is 2.39. The van der Waals surface area contributed by atoms with Crippen LogP contribution >= 0.6 is 22.9 Å². The minimum Gasteiger partial charge on any atom is -0.310 e. The number of hydrogen-bond donors (Lipinski definition) is 1. The van der Waals surface area contributed by atoms with Gasteiger partial charge in [0, 0.05) is 0 Å². The Hall–Kier alpha value is -0.310. The van der Waals surface area contributed by atoms with Crippen molar-refractivity contribution in [1.29, 1.82) is 0 Å². The molecule has 0 bridgehead atoms. The van der Waals surface area contributed by atoms with E-state index in [9.17, 15) is 0 Å². The van der Waals surface area contributed by atoms with Gasteiger partial charge in [-0.2, -0.15) is 0 Å². The van der Waals surface area contributed by atoms with Crippen molar-refractivity contribution in [2.75, 3.05) is 7.05 Å². The van der Waals surface area contributed by atoms with Gasteiger partial charge in [-0.25, -0.2) is 0 Å².